The first-order chi connectivity index (χ1) is 40.4. The zero-order valence-electron chi connectivity index (χ0n) is 45.6. The van der Waals surface area contributed by atoms with Gasteiger partial charge >= 0.3 is 0 Å². The molecule has 10 aromatic rings. The van der Waals surface area contributed by atoms with Crippen molar-refractivity contribution in [2.45, 2.75) is 47.8 Å². The van der Waals surface area contributed by atoms with Crippen LogP contribution in [-0.4, -0.2) is 5.78 Å². The number of nitrogens with one attached hydrogen (secondary N) is 4. The van der Waals surface area contributed by atoms with Gasteiger partial charge in [-0.05, 0) is 127 Å². The van der Waals surface area contributed by atoms with E-state index < -0.39 is 22.2 Å². The molecule has 0 aliphatic heterocycles. The van der Waals surface area contributed by atoms with Gasteiger partial charge in [0.1, 0.15) is 0 Å². The highest BCUT2D eigenvalue weighted by Crippen LogP contribution is 2.45. The van der Waals surface area contributed by atoms with E-state index in [1.54, 1.807) is 0 Å². The lowest BCUT2D eigenvalue weighted by atomic mass is 9.80. The number of carbonyl (C=O) groups excluding carboxylic acids is 1. The molecule has 5 heteroatoms. The van der Waals surface area contributed by atoms with E-state index in [0.29, 0.717) is 36.8 Å². The summed E-state index contributed by atoms with van der Waals surface area (Å²) in [6, 6.07) is 73.3. The lowest BCUT2D eigenvalue weighted by Crippen LogP contribution is -2.35. The van der Waals surface area contributed by atoms with Crippen LogP contribution in [-0.2, 0) is 22.2 Å². The summed E-state index contributed by atoms with van der Waals surface area (Å²) in [5.74, 6) is -0.105. The van der Waals surface area contributed by atoms with Crippen LogP contribution in [0.15, 0.2) is 303 Å². The molecule has 0 radical (unpaired) electrons. The molecule has 0 aromatic heterocycles. The minimum absolute atomic E-state index is 0.105. The lowest BCUT2D eigenvalue weighted by Gasteiger charge is -2.37. The molecular weight excluding hydrogens is 997 g/mol. The van der Waals surface area contributed by atoms with E-state index in [9.17, 15) is 0 Å². The molecule has 4 N–H and O–H groups in total. The first kappa shape index (κ1) is 50.3. The smallest absolute Gasteiger partial charge is 0.193 e. The molecule has 0 fully saturated rings. The third-order valence-corrected chi connectivity index (χ3v) is 17.2. The normalized spacial score (nSPS) is 21.6. The zero-order valence-corrected chi connectivity index (χ0v) is 45.6. The number of rotatable bonds is 14. The second-order valence-electron chi connectivity index (χ2n) is 22.4. The van der Waals surface area contributed by atoms with E-state index in [2.05, 4.69) is 325 Å². The van der Waals surface area contributed by atoms with Crippen molar-refractivity contribution in [1.82, 2.24) is 0 Å². The van der Waals surface area contributed by atoms with Gasteiger partial charge in [0.25, 0.3) is 0 Å². The molecule has 0 bridgehead atoms. The summed E-state index contributed by atoms with van der Waals surface area (Å²) in [6.07, 6.45) is 37.9. The van der Waals surface area contributed by atoms with Crippen LogP contribution in [0.25, 0.3) is 43.1 Å². The van der Waals surface area contributed by atoms with Gasteiger partial charge in [0.2, 0.25) is 0 Å². The second-order valence-corrected chi connectivity index (χ2v) is 22.4. The summed E-state index contributed by atoms with van der Waals surface area (Å²) in [5, 5.41) is 25.8. The van der Waals surface area contributed by atoms with Gasteiger partial charge in [-0.2, -0.15) is 0 Å². The van der Waals surface area contributed by atoms with E-state index >= 15 is 4.79 Å². The minimum Gasteiger partial charge on any atom is -0.372 e. The summed E-state index contributed by atoms with van der Waals surface area (Å²) >= 11 is 0. The van der Waals surface area contributed by atoms with Crippen LogP contribution in [0.1, 0.15) is 63.9 Å². The molecule has 4 aliphatic rings. The molecule has 0 amide bonds. The summed E-state index contributed by atoms with van der Waals surface area (Å²) in [4.78, 5) is 16.3. The van der Waals surface area contributed by atoms with Crippen LogP contribution < -0.4 is 21.3 Å². The molecule has 5 nitrogen and oxygen atoms in total. The molecule has 82 heavy (non-hydrogen) atoms. The highest BCUT2D eigenvalue weighted by Gasteiger charge is 2.37. The molecule has 396 valence electrons. The maximum absolute atomic E-state index is 16.3. The number of hydrogen-bond acceptors (Lipinski definition) is 5. The molecule has 0 heterocycles. The van der Waals surface area contributed by atoms with Crippen LogP contribution in [0.2, 0.25) is 0 Å². The Kier molecular flexibility index (Phi) is 12.8. The van der Waals surface area contributed by atoms with Crippen molar-refractivity contribution in [2.24, 2.45) is 0 Å². The Labute approximate surface area is 479 Å². The van der Waals surface area contributed by atoms with E-state index in [1.165, 1.54) is 43.1 Å². The zero-order chi connectivity index (χ0) is 55.0. The highest BCUT2D eigenvalue weighted by atomic mass is 16.1. The number of ketones is 1. The average Bonchev–Trinajstić information content (AvgIpc) is 3.13. The third-order valence-electron chi connectivity index (χ3n) is 17.2. The number of fused-ring (bicyclic) bond motifs is 4. The standard InChI is InChI=1S/C77H62N4O/c82-73(59-49-61(78-74(41-13-1-14-42-74)69-37-21-29-55-25-5-9-33-65(55)69)53-62(50-59)79-75(43-15-2-16-44-75)70-38-22-30-56-26-6-10-34-66(56)70)60-51-63(80-76(45-17-3-18-46-76)71-39-23-31-57-27-7-11-35-67(57)71)54-64(52-60)81-77(47-19-4-20-48-77)72-40-24-32-58-28-8-12-36-68(58)72/h1-41,43,45,47,49-54,78-81H,42,44,46,48H2. The maximum Gasteiger partial charge on any atom is 0.193 e. The molecular formula is C77H62N4O. The Balaban J connectivity index is 0.946. The number of carbonyl (C=O) groups is 1. The molecule has 4 aliphatic carbocycles. The van der Waals surface area contributed by atoms with Gasteiger partial charge < -0.3 is 21.3 Å². The summed E-state index contributed by atoms with van der Waals surface area (Å²) in [7, 11) is 0. The van der Waals surface area contributed by atoms with Crippen LogP contribution in [0.5, 0.6) is 0 Å². The molecule has 14 rings (SSSR count). The van der Waals surface area contributed by atoms with Gasteiger partial charge in [-0.3, -0.25) is 4.79 Å². The molecule has 10 aromatic carbocycles. The fourth-order valence-corrected chi connectivity index (χ4v) is 13.4. The van der Waals surface area contributed by atoms with Gasteiger partial charge in [-0.15, -0.1) is 0 Å². The summed E-state index contributed by atoms with van der Waals surface area (Å²) in [5.41, 5.74) is 6.51. The molecule has 4 unspecified atom stereocenters. The van der Waals surface area contributed by atoms with Crippen molar-refractivity contribution >= 4 is 71.6 Å². The predicted molar refractivity (Wildman–Crippen MR) is 345 cm³/mol. The quantitative estimate of drug-likeness (QED) is 0.0818. The van der Waals surface area contributed by atoms with E-state index in [0.717, 1.165) is 45.0 Å². The molecule has 0 saturated carbocycles. The number of anilines is 4. The van der Waals surface area contributed by atoms with E-state index in [-0.39, 0.29) is 5.78 Å². The maximum atomic E-state index is 16.3. The third kappa shape index (κ3) is 9.24. The molecule has 0 saturated heterocycles. The van der Waals surface area contributed by atoms with Gasteiger partial charge in [-0.1, -0.05) is 267 Å². The predicted octanol–water partition coefficient (Wildman–Crippen LogP) is 18.8. The average molecular weight is 1060 g/mol. The lowest BCUT2D eigenvalue weighted by molar-refractivity contribution is 0.103. The fourth-order valence-electron chi connectivity index (χ4n) is 13.4. The number of allylic oxidation sites excluding steroid dienone is 8. The monoisotopic (exact) mass is 1060 g/mol. The van der Waals surface area contributed by atoms with Crippen molar-refractivity contribution < 1.29 is 4.79 Å². The Morgan fingerprint density at radius 2 is 0.524 bits per heavy atom. The SMILES string of the molecule is O=C(c1cc(NC2(c3cccc4ccccc34)C=CC=CC2)cc(NC2(c3cccc4ccccc34)C=CC=CC2)c1)c1cc(NC2(c3cccc4ccccc34)C=CC=CC2)cc(NC2(c3cccc4ccccc34)C=CC=CC2)c1. The number of hydrogen-bond donors (Lipinski definition) is 4. The topological polar surface area (TPSA) is 65.2 Å². The Morgan fingerprint density at radius 1 is 0.280 bits per heavy atom. The van der Waals surface area contributed by atoms with Crippen LogP contribution >= 0.6 is 0 Å². The first-order valence-electron chi connectivity index (χ1n) is 28.7. The first-order valence-corrected chi connectivity index (χ1v) is 28.7. The Bertz CT molecular complexity index is 3850. The van der Waals surface area contributed by atoms with Crippen LogP contribution in [0.3, 0.4) is 0 Å². The largest absolute Gasteiger partial charge is 0.372 e. The molecule has 4 atom stereocenters. The second kappa shape index (κ2) is 20.9. The minimum atomic E-state index is -0.633. The van der Waals surface area contributed by atoms with E-state index in [1.807, 2.05) is 0 Å². The number of benzene rings is 10. The van der Waals surface area contributed by atoms with Crippen molar-refractivity contribution in [3.63, 3.8) is 0 Å². The highest BCUT2D eigenvalue weighted by molar-refractivity contribution is 6.11. The van der Waals surface area contributed by atoms with Crippen molar-refractivity contribution in [3.05, 3.63) is 337 Å². The van der Waals surface area contributed by atoms with Crippen molar-refractivity contribution in [1.29, 1.82) is 0 Å². The van der Waals surface area contributed by atoms with Gasteiger partial charge in [-0.25, -0.2) is 0 Å². The van der Waals surface area contributed by atoms with Crippen LogP contribution in [0.4, 0.5) is 22.7 Å². The summed E-state index contributed by atoms with van der Waals surface area (Å²) < 4.78 is 0. The summed E-state index contributed by atoms with van der Waals surface area (Å²) in [6.45, 7) is 0. The Morgan fingerprint density at radius 3 is 0.768 bits per heavy atom. The van der Waals surface area contributed by atoms with Crippen molar-refractivity contribution in [3.8, 4) is 0 Å². The van der Waals surface area contributed by atoms with Crippen molar-refractivity contribution in [2.75, 3.05) is 21.3 Å². The van der Waals surface area contributed by atoms with Gasteiger partial charge in [0.05, 0.1) is 22.2 Å². The molecule has 0 spiro atoms. The van der Waals surface area contributed by atoms with Crippen LogP contribution in [0, 0.1) is 0 Å². The van der Waals surface area contributed by atoms with E-state index in [4.69, 9.17) is 0 Å². The Hall–Kier alpha value is -9.97. The van der Waals surface area contributed by atoms with Gasteiger partial charge in [0, 0.05) is 33.9 Å². The van der Waals surface area contributed by atoms with Gasteiger partial charge in [0.15, 0.2) is 5.78 Å². The fraction of sp³-hybridized carbons (Fsp3) is 0.104.